The predicted molar refractivity (Wildman–Crippen MR) is 84.5 cm³/mol. The van der Waals surface area contributed by atoms with Crippen LogP contribution in [-0.2, 0) is 6.54 Å². The highest BCUT2D eigenvalue weighted by Crippen LogP contribution is 2.29. The van der Waals surface area contributed by atoms with Gasteiger partial charge < -0.3 is 19.5 Å². The fourth-order valence-corrected chi connectivity index (χ4v) is 2.05. The Morgan fingerprint density at radius 3 is 2.52 bits per heavy atom. The average Bonchev–Trinajstić information content (AvgIpc) is 2.53. The number of hydrogen-bond donors (Lipinski definition) is 1. The third-order valence-electron chi connectivity index (χ3n) is 3.10. The highest BCUT2D eigenvalue weighted by molar-refractivity contribution is 5.59. The Hall–Kier alpha value is -2.36. The van der Waals surface area contributed by atoms with Crippen molar-refractivity contribution in [2.45, 2.75) is 13.5 Å². The minimum Gasteiger partial charge on any atom is -0.497 e. The molecule has 1 N–H and O–H groups in total. The Labute approximate surface area is 125 Å². The first-order valence-corrected chi connectivity index (χ1v) is 6.94. The SMILES string of the molecule is CCOc1cccc(CNc2ccc(OC)cc2OC)c1. The van der Waals surface area contributed by atoms with Crippen molar-refractivity contribution >= 4 is 5.69 Å². The third kappa shape index (κ3) is 4.05. The summed E-state index contributed by atoms with van der Waals surface area (Å²) in [7, 11) is 3.29. The van der Waals surface area contributed by atoms with E-state index in [0.29, 0.717) is 13.2 Å². The van der Waals surface area contributed by atoms with E-state index in [1.165, 1.54) is 0 Å². The molecule has 4 heteroatoms. The van der Waals surface area contributed by atoms with Crippen LogP contribution in [0.4, 0.5) is 5.69 Å². The Kier molecular flexibility index (Phi) is 5.32. The van der Waals surface area contributed by atoms with Gasteiger partial charge in [0.1, 0.15) is 17.2 Å². The van der Waals surface area contributed by atoms with E-state index in [1.54, 1.807) is 14.2 Å². The molecule has 4 nitrogen and oxygen atoms in total. The fraction of sp³-hybridized carbons (Fsp3) is 0.294. The number of benzene rings is 2. The first-order chi connectivity index (χ1) is 10.3. The molecular formula is C17H21NO3. The summed E-state index contributed by atoms with van der Waals surface area (Å²) in [5, 5.41) is 3.36. The smallest absolute Gasteiger partial charge is 0.145 e. The normalized spacial score (nSPS) is 10.0. The molecule has 0 saturated carbocycles. The van der Waals surface area contributed by atoms with Crippen LogP contribution in [0.1, 0.15) is 12.5 Å². The van der Waals surface area contributed by atoms with E-state index < -0.39 is 0 Å². The molecule has 0 fully saturated rings. The largest absolute Gasteiger partial charge is 0.497 e. The highest BCUT2D eigenvalue weighted by atomic mass is 16.5. The number of rotatable bonds is 7. The second-order valence-corrected chi connectivity index (χ2v) is 4.50. The predicted octanol–water partition coefficient (Wildman–Crippen LogP) is 3.71. The van der Waals surface area contributed by atoms with Gasteiger partial charge in [0.2, 0.25) is 0 Å². The topological polar surface area (TPSA) is 39.7 Å². The van der Waals surface area contributed by atoms with Gasteiger partial charge in [-0.1, -0.05) is 12.1 Å². The van der Waals surface area contributed by atoms with Crippen LogP contribution in [0.15, 0.2) is 42.5 Å². The van der Waals surface area contributed by atoms with E-state index in [9.17, 15) is 0 Å². The summed E-state index contributed by atoms with van der Waals surface area (Å²) in [6, 6.07) is 13.8. The van der Waals surface area contributed by atoms with Crippen molar-refractivity contribution in [3.8, 4) is 17.2 Å². The monoisotopic (exact) mass is 287 g/mol. The number of ether oxygens (including phenoxy) is 3. The lowest BCUT2D eigenvalue weighted by Gasteiger charge is -2.13. The van der Waals surface area contributed by atoms with Crippen LogP contribution in [0, 0.1) is 0 Å². The number of nitrogens with one attached hydrogen (secondary N) is 1. The molecule has 0 aliphatic heterocycles. The molecule has 0 aromatic heterocycles. The molecule has 0 atom stereocenters. The molecule has 0 aliphatic carbocycles. The van der Waals surface area contributed by atoms with Crippen molar-refractivity contribution in [1.82, 2.24) is 0 Å². The minimum atomic E-state index is 0.670. The average molecular weight is 287 g/mol. The fourth-order valence-electron chi connectivity index (χ4n) is 2.05. The van der Waals surface area contributed by atoms with E-state index in [0.717, 1.165) is 28.5 Å². The van der Waals surface area contributed by atoms with Crippen LogP contribution in [0.3, 0.4) is 0 Å². The molecule has 0 saturated heterocycles. The standard InChI is InChI=1S/C17H21NO3/c1-4-21-15-7-5-6-13(10-15)12-18-16-9-8-14(19-2)11-17(16)20-3/h5-11,18H,4,12H2,1-3H3. The van der Waals surface area contributed by atoms with Crippen LogP contribution in [0.25, 0.3) is 0 Å². The summed E-state index contributed by atoms with van der Waals surface area (Å²) >= 11 is 0. The first-order valence-electron chi connectivity index (χ1n) is 6.94. The van der Waals surface area contributed by atoms with Crippen molar-refractivity contribution in [3.05, 3.63) is 48.0 Å². The van der Waals surface area contributed by atoms with Crippen LogP contribution in [0.2, 0.25) is 0 Å². The third-order valence-corrected chi connectivity index (χ3v) is 3.10. The summed E-state index contributed by atoms with van der Waals surface area (Å²) < 4.78 is 16.1. The highest BCUT2D eigenvalue weighted by Gasteiger charge is 2.05. The summed E-state index contributed by atoms with van der Waals surface area (Å²) in [6.45, 7) is 3.35. The van der Waals surface area contributed by atoms with Crippen molar-refractivity contribution < 1.29 is 14.2 Å². The van der Waals surface area contributed by atoms with E-state index in [1.807, 2.05) is 43.3 Å². The molecule has 0 bridgehead atoms. The van der Waals surface area contributed by atoms with Crippen LogP contribution >= 0.6 is 0 Å². The Morgan fingerprint density at radius 1 is 0.952 bits per heavy atom. The molecule has 2 rings (SSSR count). The summed E-state index contributed by atoms with van der Waals surface area (Å²) in [6.07, 6.45) is 0. The first kappa shape index (κ1) is 15.0. The van der Waals surface area contributed by atoms with Crippen molar-refractivity contribution in [3.63, 3.8) is 0 Å². The molecule has 0 unspecified atom stereocenters. The van der Waals surface area contributed by atoms with Crippen LogP contribution in [-0.4, -0.2) is 20.8 Å². The second-order valence-electron chi connectivity index (χ2n) is 4.50. The van der Waals surface area contributed by atoms with E-state index in [-0.39, 0.29) is 0 Å². The summed E-state index contributed by atoms with van der Waals surface area (Å²) in [4.78, 5) is 0. The molecular weight excluding hydrogens is 266 g/mol. The maximum Gasteiger partial charge on any atom is 0.145 e. The van der Waals surface area contributed by atoms with Crippen molar-refractivity contribution in [2.75, 3.05) is 26.1 Å². The number of anilines is 1. The molecule has 0 heterocycles. The lowest BCUT2D eigenvalue weighted by Crippen LogP contribution is -2.02. The maximum absolute atomic E-state index is 5.50. The van der Waals surface area contributed by atoms with Gasteiger partial charge in [-0.05, 0) is 36.8 Å². The van der Waals surface area contributed by atoms with Crippen molar-refractivity contribution in [2.24, 2.45) is 0 Å². The Bertz CT molecular complexity index is 584. The number of hydrogen-bond acceptors (Lipinski definition) is 4. The zero-order valence-corrected chi connectivity index (χ0v) is 12.7. The van der Waals surface area contributed by atoms with Crippen LogP contribution < -0.4 is 19.5 Å². The molecule has 2 aromatic carbocycles. The van der Waals surface area contributed by atoms with Crippen LogP contribution in [0.5, 0.6) is 17.2 Å². The molecule has 0 amide bonds. The maximum atomic E-state index is 5.50. The van der Waals surface area contributed by atoms with Gasteiger partial charge in [-0.25, -0.2) is 0 Å². The van der Waals surface area contributed by atoms with E-state index in [2.05, 4.69) is 11.4 Å². The minimum absolute atomic E-state index is 0.670. The Morgan fingerprint density at radius 2 is 1.81 bits per heavy atom. The number of methoxy groups -OCH3 is 2. The molecule has 21 heavy (non-hydrogen) atoms. The van der Waals surface area contributed by atoms with Gasteiger partial charge in [-0.3, -0.25) is 0 Å². The molecule has 0 radical (unpaired) electrons. The van der Waals surface area contributed by atoms with Gasteiger partial charge in [0.25, 0.3) is 0 Å². The quantitative estimate of drug-likeness (QED) is 0.842. The molecule has 112 valence electrons. The summed E-state index contributed by atoms with van der Waals surface area (Å²) in [5.74, 6) is 2.42. The van der Waals surface area contributed by atoms with Crippen molar-refractivity contribution in [1.29, 1.82) is 0 Å². The molecule has 2 aromatic rings. The van der Waals surface area contributed by atoms with Gasteiger partial charge >= 0.3 is 0 Å². The lowest BCUT2D eigenvalue weighted by atomic mass is 10.2. The zero-order valence-electron chi connectivity index (χ0n) is 12.7. The van der Waals surface area contributed by atoms with E-state index >= 15 is 0 Å². The summed E-state index contributed by atoms with van der Waals surface area (Å²) in [5.41, 5.74) is 2.08. The van der Waals surface area contributed by atoms with Gasteiger partial charge in [-0.2, -0.15) is 0 Å². The Balaban J connectivity index is 2.07. The molecule has 0 spiro atoms. The second kappa shape index (κ2) is 7.43. The van der Waals surface area contributed by atoms with Gasteiger partial charge in [-0.15, -0.1) is 0 Å². The van der Waals surface area contributed by atoms with E-state index in [4.69, 9.17) is 14.2 Å². The van der Waals surface area contributed by atoms with Gasteiger partial charge in [0.15, 0.2) is 0 Å². The van der Waals surface area contributed by atoms with Gasteiger partial charge in [0, 0.05) is 12.6 Å². The zero-order chi connectivity index (χ0) is 15.1. The van der Waals surface area contributed by atoms with Gasteiger partial charge in [0.05, 0.1) is 26.5 Å². The lowest BCUT2D eigenvalue weighted by molar-refractivity contribution is 0.340. The molecule has 0 aliphatic rings.